The lowest BCUT2D eigenvalue weighted by atomic mass is 10.1. The van der Waals surface area contributed by atoms with E-state index in [0.717, 1.165) is 23.5 Å². The van der Waals surface area contributed by atoms with Crippen molar-refractivity contribution in [3.8, 4) is 0 Å². The number of nitrogen functional groups attached to an aromatic ring is 1. The summed E-state index contributed by atoms with van der Waals surface area (Å²) in [5, 5.41) is 0. The zero-order valence-corrected chi connectivity index (χ0v) is 11.5. The smallest absolute Gasteiger partial charge is 0.148 e. The molecule has 1 aromatic carbocycles. The Hall–Kier alpha value is -2.14. The molecule has 0 aliphatic heterocycles. The first-order chi connectivity index (χ1) is 9.17. The summed E-state index contributed by atoms with van der Waals surface area (Å²) >= 11 is 0. The minimum Gasteiger partial charge on any atom is -0.329 e. The Morgan fingerprint density at radius 2 is 1.89 bits per heavy atom. The molecule has 100 valence electrons. The van der Waals surface area contributed by atoms with Crippen molar-refractivity contribution in [1.29, 1.82) is 0 Å². The second kappa shape index (κ2) is 5.67. The molecular weight excluding hydrogens is 238 g/mol. The maximum Gasteiger partial charge on any atom is 0.148 e. The van der Waals surface area contributed by atoms with E-state index in [2.05, 4.69) is 46.6 Å². The van der Waals surface area contributed by atoms with Gasteiger partial charge < -0.3 is 10.3 Å². The molecule has 0 fully saturated rings. The third-order valence-electron chi connectivity index (χ3n) is 3.24. The molecule has 19 heavy (non-hydrogen) atoms. The van der Waals surface area contributed by atoms with Crippen LogP contribution in [0, 0.1) is 6.92 Å². The molecule has 0 bridgehead atoms. The molecule has 0 amide bonds. The second-order valence-corrected chi connectivity index (χ2v) is 4.39. The van der Waals surface area contributed by atoms with Crippen molar-refractivity contribution in [3.63, 3.8) is 0 Å². The highest BCUT2D eigenvalue weighted by atomic mass is 15.3. The molecule has 2 aromatic rings. The first kappa shape index (κ1) is 13.3. The van der Waals surface area contributed by atoms with E-state index < -0.39 is 0 Å². The monoisotopic (exact) mass is 257 g/mol. The number of benzene rings is 1. The Kier molecular flexibility index (Phi) is 3.97. The van der Waals surface area contributed by atoms with Crippen LogP contribution in [-0.4, -0.2) is 17.0 Å². The molecule has 0 atom stereocenters. The van der Waals surface area contributed by atoms with Crippen LogP contribution in [0.4, 0.5) is 17.3 Å². The van der Waals surface area contributed by atoms with Gasteiger partial charge in [0.1, 0.15) is 18.0 Å². The zero-order valence-electron chi connectivity index (χ0n) is 11.5. The molecule has 5 heteroatoms. The number of hydrogen-bond donors (Lipinski definition) is 2. The van der Waals surface area contributed by atoms with Crippen LogP contribution >= 0.6 is 0 Å². The Morgan fingerprint density at radius 3 is 2.47 bits per heavy atom. The number of rotatable bonds is 4. The van der Waals surface area contributed by atoms with E-state index in [9.17, 15) is 0 Å². The van der Waals surface area contributed by atoms with Gasteiger partial charge in [-0.05, 0) is 31.0 Å². The standard InChI is InChI=1S/C14H19N5/c1-4-11-5-7-12(8-6-11)19(3)14-10(2)13(18-15)16-9-17-14/h5-9H,4,15H2,1-3H3,(H,16,17,18). The van der Waals surface area contributed by atoms with Crippen molar-refractivity contribution in [2.45, 2.75) is 20.3 Å². The van der Waals surface area contributed by atoms with Crippen LogP contribution in [-0.2, 0) is 6.42 Å². The summed E-state index contributed by atoms with van der Waals surface area (Å²) in [7, 11) is 1.98. The van der Waals surface area contributed by atoms with E-state index in [1.54, 1.807) is 0 Å². The lowest BCUT2D eigenvalue weighted by molar-refractivity contribution is 1.04. The average molecular weight is 257 g/mol. The fraction of sp³-hybridized carbons (Fsp3) is 0.286. The van der Waals surface area contributed by atoms with Crippen LogP contribution < -0.4 is 16.2 Å². The molecule has 1 heterocycles. The van der Waals surface area contributed by atoms with Gasteiger partial charge in [0.05, 0.1) is 0 Å². The van der Waals surface area contributed by atoms with E-state index in [4.69, 9.17) is 5.84 Å². The first-order valence-electron chi connectivity index (χ1n) is 6.28. The largest absolute Gasteiger partial charge is 0.329 e. The highest BCUT2D eigenvalue weighted by Gasteiger charge is 2.11. The van der Waals surface area contributed by atoms with Gasteiger partial charge in [-0.2, -0.15) is 0 Å². The Bertz CT molecular complexity index is 550. The minimum absolute atomic E-state index is 0.641. The number of nitrogens with one attached hydrogen (secondary N) is 1. The van der Waals surface area contributed by atoms with Gasteiger partial charge in [-0.15, -0.1) is 0 Å². The van der Waals surface area contributed by atoms with Gasteiger partial charge in [-0.25, -0.2) is 15.8 Å². The van der Waals surface area contributed by atoms with Crippen LogP contribution in [0.3, 0.4) is 0 Å². The van der Waals surface area contributed by atoms with Crippen LogP contribution in [0.5, 0.6) is 0 Å². The maximum atomic E-state index is 5.44. The summed E-state index contributed by atoms with van der Waals surface area (Å²) in [5.74, 6) is 6.92. The summed E-state index contributed by atoms with van der Waals surface area (Å²) in [6, 6.07) is 8.45. The molecule has 0 radical (unpaired) electrons. The highest BCUT2D eigenvalue weighted by Crippen LogP contribution is 2.27. The van der Waals surface area contributed by atoms with E-state index >= 15 is 0 Å². The molecule has 0 saturated heterocycles. The third kappa shape index (κ3) is 2.66. The van der Waals surface area contributed by atoms with E-state index in [1.807, 2.05) is 18.9 Å². The zero-order chi connectivity index (χ0) is 13.8. The fourth-order valence-corrected chi connectivity index (χ4v) is 2.00. The Balaban J connectivity index is 2.35. The normalized spacial score (nSPS) is 10.3. The van der Waals surface area contributed by atoms with Crippen LogP contribution in [0.1, 0.15) is 18.1 Å². The average Bonchev–Trinajstić information content (AvgIpc) is 2.47. The predicted molar refractivity (Wildman–Crippen MR) is 78.5 cm³/mol. The molecule has 0 aliphatic rings. The molecule has 5 nitrogen and oxygen atoms in total. The SMILES string of the molecule is CCc1ccc(N(C)c2ncnc(NN)c2C)cc1. The number of hydrogen-bond acceptors (Lipinski definition) is 5. The van der Waals surface area contributed by atoms with Gasteiger partial charge in [0.25, 0.3) is 0 Å². The summed E-state index contributed by atoms with van der Waals surface area (Å²) in [6.07, 6.45) is 2.55. The van der Waals surface area contributed by atoms with Gasteiger partial charge in [0, 0.05) is 18.3 Å². The fourth-order valence-electron chi connectivity index (χ4n) is 2.00. The Morgan fingerprint density at radius 1 is 1.21 bits per heavy atom. The molecule has 1 aromatic heterocycles. The lowest BCUT2D eigenvalue weighted by Gasteiger charge is -2.21. The topological polar surface area (TPSA) is 67.1 Å². The molecular formula is C14H19N5. The van der Waals surface area contributed by atoms with Gasteiger partial charge in [-0.1, -0.05) is 19.1 Å². The highest BCUT2D eigenvalue weighted by molar-refractivity contribution is 5.66. The van der Waals surface area contributed by atoms with E-state index in [0.29, 0.717) is 5.82 Å². The third-order valence-corrected chi connectivity index (χ3v) is 3.24. The quantitative estimate of drug-likeness (QED) is 0.650. The summed E-state index contributed by atoms with van der Waals surface area (Å²) < 4.78 is 0. The molecule has 0 aliphatic carbocycles. The lowest BCUT2D eigenvalue weighted by Crippen LogP contribution is -2.16. The van der Waals surface area contributed by atoms with Crippen molar-refractivity contribution >= 4 is 17.3 Å². The van der Waals surface area contributed by atoms with Crippen molar-refractivity contribution in [1.82, 2.24) is 9.97 Å². The van der Waals surface area contributed by atoms with Crippen molar-refractivity contribution in [3.05, 3.63) is 41.7 Å². The van der Waals surface area contributed by atoms with Gasteiger partial charge in [0.2, 0.25) is 0 Å². The number of aromatic nitrogens is 2. The van der Waals surface area contributed by atoms with Crippen molar-refractivity contribution < 1.29 is 0 Å². The van der Waals surface area contributed by atoms with Crippen molar-refractivity contribution in [2.75, 3.05) is 17.4 Å². The molecule has 0 spiro atoms. The predicted octanol–water partition coefficient (Wildman–Crippen LogP) is 2.40. The minimum atomic E-state index is 0.641. The second-order valence-electron chi connectivity index (χ2n) is 4.39. The van der Waals surface area contributed by atoms with Crippen LogP contribution in [0.15, 0.2) is 30.6 Å². The summed E-state index contributed by atoms with van der Waals surface area (Å²) in [4.78, 5) is 10.4. The van der Waals surface area contributed by atoms with Gasteiger partial charge in [0.15, 0.2) is 0 Å². The molecule has 3 N–H and O–H groups in total. The molecule has 2 rings (SSSR count). The number of nitrogens with two attached hydrogens (primary N) is 1. The van der Waals surface area contributed by atoms with Gasteiger partial charge in [-0.3, -0.25) is 0 Å². The molecule has 0 saturated carbocycles. The Labute approximate surface area is 113 Å². The maximum absolute atomic E-state index is 5.44. The van der Waals surface area contributed by atoms with E-state index in [-0.39, 0.29) is 0 Å². The summed E-state index contributed by atoms with van der Waals surface area (Å²) in [5.41, 5.74) is 5.91. The number of nitrogens with zero attached hydrogens (tertiary/aromatic N) is 3. The first-order valence-corrected chi connectivity index (χ1v) is 6.28. The van der Waals surface area contributed by atoms with Gasteiger partial charge >= 0.3 is 0 Å². The number of hydrazine groups is 1. The van der Waals surface area contributed by atoms with Crippen molar-refractivity contribution in [2.24, 2.45) is 5.84 Å². The van der Waals surface area contributed by atoms with Crippen LogP contribution in [0.25, 0.3) is 0 Å². The number of anilines is 3. The summed E-state index contributed by atoms with van der Waals surface area (Å²) in [6.45, 7) is 4.09. The van der Waals surface area contributed by atoms with Crippen LogP contribution in [0.2, 0.25) is 0 Å². The van der Waals surface area contributed by atoms with E-state index in [1.165, 1.54) is 11.9 Å². The number of aryl methyl sites for hydroxylation is 1. The molecule has 0 unspecified atom stereocenters.